The van der Waals surface area contributed by atoms with Gasteiger partial charge >= 0.3 is 0 Å². The molecule has 2 aromatic carbocycles. The molecule has 0 saturated carbocycles. The molecule has 1 aliphatic heterocycles. The molecule has 1 heterocycles. The van der Waals surface area contributed by atoms with Crippen molar-refractivity contribution in [1.29, 1.82) is 0 Å². The summed E-state index contributed by atoms with van der Waals surface area (Å²) in [6, 6.07) is 19.5. The molecule has 0 aromatic heterocycles. The van der Waals surface area contributed by atoms with Crippen LogP contribution in [0.4, 0.5) is 0 Å². The van der Waals surface area contributed by atoms with Gasteiger partial charge in [-0.3, -0.25) is 0 Å². The zero-order valence-electron chi connectivity index (χ0n) is 15.3. The Kier molecular flexibility index (Phi) is 5.27. The van der Waals surface area contributed by atoms with Crippen molar-refractivity contribution in [2.24, 2.45) is 0 Å². The minimum atomic E-state index is -1.28. The highest BCUT2D eigenvalue weighted by atomic mass is 16.3. The molecule has 0 unspecified atom stereocenters. The fourth-order valence-electron chi connectivity index (χ4n) is 3.61. The van der Waals surface area contributed by atoms with Crippen LogP contribution < -0.4 is 4.90 Å². The maximum atomic E-state index is 11.5. The van der Waals surface area contributed by atoms with E-state index in [9.17, 15) is 5.11 Å². The molecular formula is C23H28NO+. The topological polar surface area (TPSA) is 24.7 Å². The van der Waals surface area contributed by atoms with Gasteiger partial charge in [0.1, 0.15) is 0 Å². The van der Waals surface area contributed by atoms with Crippen LogP contribution in [0.2, 0.25) is 0 Å². The minimum Gasteiger partial charge on any atom is -0.369 e. The van der Waals surface area contributed by atoms with Crippen molar-refractivity contribution in [3.63, 3.8) is 0 Å². The van der Waals surface area contributed by atoms with Crippen molar-refractivity contribution >= 4 is 0 Å². The van der Waals surface area contributed by atoms with Crippen LogP contribution in [-0.4, -0.2) is 23.7 Å². The van der Waals surface area contributed by atoms with Gasteiger partial charge in [0.15, 0.2) is 11.1 Å². The molecule has 0 aliphatic carbocycles. The van der Waals surface area contributed by atoms with E-state index in [0.29, 0.717) is 0 Å². The molecule has 2 N–H and O–H groups in total. The van der Waals surface area contributed by atoms with Gasteiger partial charge in [0.05, 0.1) is 13.1 Å². The lowest BCUT2D eigenvalue weighted by Crippen LogP contribution is -3.19. The molecule has 0 spiro atoms. The molecule has 2 nitrogen and oxygen atoms in total. The Morgan fingerprint density at radius 2 is 1.24 bits per heavy atom. The van der Waals surface area contributed by atoms with Crippen LogP contribution in [0.15, 0.2) is 60.7 Å². The van der Waals surface area contributed by atoms with Gasteiger partial charge < -0.3 is 10.0 Å². The van der Waals surface area contributed by atoms with Crippen molar-refractivity contribution in [1.82, 2.24) is 0 Å². The number of aliphatic hydroxyl groups is 1. The lowest BCUT2D eigenvalue weighted by Gasteiger charge is -2.34. The third-order valence-electron chi connectivity index (χ3n) is 5.28. The molecule has 0 bridgehead atoms. The summed E-state index contributed by atoms with van der Waals surface area (Å²) < 4.78 is 0. The fourth-order valence-corrected chi connectivity index (χ4v) is 3.61. The van der Waals surface area contributed by atoms with Crippen LogP contribution in [-0.2, 0) is 5.60 Å². The average Bonchev–Trinajstić information content (AvgIpc) is 2.68. The Morgan fingerprint density at radius 3 is 1.72 bits per heavy atom. The molecule has 1 aliphatic rings. The zero-order valence-corrected chi connectivity index (χ0v) is 15.3. The number of quaternary nitrogens is 1. The molecule has 25 heavy (non-hydrogen) atoms. The molecule has 0 atom stereocenters. The molecule has 130 valence electrons. The highest BCUT2D eigenvalue weighted by molar-refractivity contribution is 5.44. The first-order valence-corrected chi connectivity index (χ1v) is 9.25. The predicted molar refractivity (Wildman–Crippen MR) is 102 cm³/mol. The van der Waals surface area contributed by atoms with Gasteiger partial charge in [0, 0.05) is 25.0 Å². The van der Waals surface area contributed by atoms with E-state index in [1.807, 2.05) is 60.7 Å². The van der Waals surface area contributed by atoms with Gasteiger partial charge in [-0.1, -0.05) is 66.6 Å². The highest BCUT2D eigenvalue weighted by Gasteiger charge is 2.33. The molecular weight excluding hydrogens is 306 g/mol. The molecule has 2 heteroatoms. The number of hydrogen-bond acceptors (Lipinski definition) is 1. The van der Waals surface area contributed by atoms with E-state index >= 15 is 0 Å². The third kappa shape index (κ3) is 3.95. The molecule has 2 aromatic rings. The summed E-state index contributed by atoms with van der Waals surface area (Å²) in [5.41, 5.74) is 0.184. The standard InChI is InChI=1S/C23H27NO/c1-22(2,24-18-10-5-11-19-24)16-17-23(25,20-12-6-3-7-13-20)21-14-8-4-9-15-21/h3-4,6-9,12-15,25H,5,10-11,18-19H2,1-2H3/p+1. The predicted octanol–water partition coefficient (Wildman–Crippen LogP) is 2.77. The molecule has 0 amide bonds. The van der Waals surface area contributed by atoms with Crippen molar-refractivity contribution in [3.8, 4) is 11.8 Å². The number of nitrogens with one attached hydrogen (secondary N) is 1. The Labute approximate surface area is 151 Å². The number of hydrogen-bond donors (Lipinski definition) is 2. The second-order valence-electron chi connectivity index (χ2n) is 7.48. The summed E-state index contributed by atoms with van der Waals surface area (Å²) in [5, 5.41) is 11.5. The Balaban J connectivity index is 2.00. The first-order chi connectivity index (χ1) is 12.0. The monoisotopic (exact) mass is 334 g/mol. The van der Waals surface area contributed by atoms with Crippen molar-refractivity contribution < 1.29 is 10.0 Å². The lowest BCUT2D eigenvalue weighted by atomic mass is 9.86. The summed E-state index contributed by atoms with van der Waals surface area (Å²) in [5.74, 6) is 6.68. The number of piperidine rings is 1. The SMILES string of the molecule is CC(C)(C#CC(O)(c1ccccc1)c1ccccc1)[NH+]1CCCCC1. The normalized spacial score (nSPS) is 16.1. The average molecular weight is 334 g/mol. The van der Waals surface area contributed by atoms with Crippen LogP contribution in [0.25, 0.3) is 0 Å². The van der Waals surface area contributed by atoms with Gasteiger partial charge in [-0.2, -0.15) is 0 Å². The summed E-state index contributed by atoms with van der Waals surface area (Å²) >= 11 is 0. The lowest BCUT2D eigenvalue weighted by molar-refractivity contribution is -0.943. The maximum absolute atomic E-state index is 11.5. The van der Waals surface area contributed by atoms with E-state index in [0.717, 1.165) is 24.2 Å². The van der Waals surface area contributed by atoms with E-state index in [2.05, 4.69) is 25.7 Å². The second-order valence-corrected chi connectivity index (χ2v) is 7.48. The maximum Gasteiger partial charge on any atom is 0.177 e. The first-order valence-electron chi connectivity index (χ1n) is 9.25. The number of benzene rings is 2. The van der Waals surface area contributed by atoms with Gasteiger partial charge in [0.25, 0.3) is 0 Å². The molecule has 1 fully saturated rings. The van der Waals surface area contributed by atoms with Crippen LogP contribution >= 0.6 is 0 Å². The Bertz CT molecular complexity index is 694. The van der Waals surface area contributed by atoms with Gasteiger partial charge in [-0.25, -0.2) is 0 Å². The van der Waals surface area contributed by atoms with E-state index in [1.165, 1.54) is 24.2 Å². The van der Waals surface area contributed by atoms with E-state index in [1.54, 1.807) is 0 Å². The molecule has 0 radical (unpaired) electrons. The van der Waals surface area contributed by atoms with Crippen LogP contribution in [0.1, 0.15) is 44.2 Å². The van der Waals surface area contributed by atoms with Crippen LogP contribution in [0.3, 0.4) is 0 Å². The third-order valence-corrected chi connectivity index (χ3v) is 5.28. The van der Waals surface area contributed by atoms with Gasteiger partial charge in [-0.15, -0.1) is 0 Å². The quantitative estimate of drug-likeness (QED) is 0.829. The van der Waals surface area contributed by atoms with Crippen molar-refractivity contribution in [2.75, 3.05) is 13.1 Å². The van der Waals surface area contributed by atoms with Crippen molar-refractivity contribution in [3.05, 3.63) is 71.8 Å². The van der Waals surface area contributed by atoms with Gasteiger partial charge in [-0.05, 0) is 25.2 Å². The largest absolute Gasteiger partial charge is 0.369 e. The summed E-state index contributed by atoms with van der Waals surface area (Å²) in [6.45, 7) is 6.71. The molecule has 1 saturated heterocycles. The Hall–Kier alpha value is -2.08. The fraction of sp³-hybridized carbons (Fsp3) is 0.391. The summed E-state index contributed by atoms with van der Waals surface area (Å²) in [7, 11) is 0. The second kappa shape index (κ2) is 7.44. The Morgan fingerprint density at radius 1 is 0.760 bits per heavy atom. The van der Waals surface area contributed by atoms with Crippen molar-refractivity contribution in [2.45, 2.75) is 44.2 Å². The van der Waals surface area contributed by atoms with E-state index < -0.39 is 5.60 Å². The van der Waals surface area contributed by atoms with Crippen LogP contribution in [0.5, 0.6) is 0 Å². The zero-order chi connectivity index (χ0) is 17.8. The van der Waals surface area contributed by atoms with Crippen LogP contribution in [0, 0.1) is 11.8 Å². The minimum absolute atomic E-state index is 0.169. The number of likely N-dealkylation sites (tertiary alicyclic amines) is 1. The summed E-state index contributed by atoms with van der Waals surface area (Å²) in [6.07, 6.45) is 3.86. The smallest absolute Gasteiger partial charge is 0.177 e. The van der Waals surface area contributed by atoms with E-state index in [4.69, 9.17) is 0 Å². The highest BCUT2D eigenvalue weighted by Crippen LogP contribution is 2.29. The van der Waals surface area contributed by atoms with E-state index in [-0.39, 0.29) is 5.54 Å². The number of rotatable bonds is 3. The molecule has 3 rings (SSSR count). The summed E-state index contributed by atoms with van der Waals surface area (Å²) in [4.78, 5) is 1.52. The first kappa shape index (κ1) is 17.7. The van der Waals surface area contributed by atoms with Gasteiger partial charge in [0.2, 0.25) is 0 Å².